The highest BCUT2D eigenvalue weighted by Crippen LogP contribution is 2.24. The largest absolute Gasteiger partial charge is 0.337 e. The van der Waals surface area contributed by atoms with Gasteiger partial charge in [-0.15, -0.1) is 11.3 Å². The number of aromatic nitrogens is 2. The third kappa shape index (κ3) is 5.24. The zero-order chi connectivity index (χ0) is 21.5. The number of thiazole rings is 1. The molecule has 5 heteroatoms. The molecule has 0 unspecified atom stereocenters. The van der Waals surface area contributed by atoms with E-state index in [1.165, 1.54) is 0 Å². The molecular formula is C25H27N3OS. The van der Waals surface area contributed by atoms with Gasteiger partial charge in [-0.3, -0.25) is 4.79 Å². The van der Waals surface area contributed by atoms with Gasteiger partial charge in [-0.1, -0.05) is 61.9 Å². The quantitative estimate of drug-likeness (QED) is 0.400. The molecule has 0 spiro atoms. The second-order valence-electron chi connectivity index (χ2n) is 6.86. The summed E-state index contributed by atoms with van der Waals surface area (Å²) >= 11 is 1.62. The van der Waals surface area contributed by atoms with E-state index in [-0.39, 0.29) is 5.91 Å². The minimum absolute atomic E-state index is 0.115. The predicted molar refractivity (Wildman–Crippen MR) is 126 cm³/mol. The summed E-state index contributed by atoms with van der Waals surface area (Å²) in [7, 11) is 0. The predicted octanol–water partition coefficient (Wildman–Crippen LogP) is 6.56. The lowest BCUT2D eigenvalue weighted by atomic mass is 10.2. The number of carbonyl (C=O) groups excluding carboxylic acids is 1. The molecule has 2 aromatic heterocycles. The van der Waals surface area contributed by atoms with Crippen LogP contribution in [0.15, 0.2) is 72.2 Å². The molecule has 0 aliphatic heterocycles. The summed E-state index contributed by atoms with van der Waals surface area (Å²) < 4.78 is 1.96. The Labute approximate surface area is 182 Å². The Bertz CT molecular complexity index is 1100. The minimum atomic E-state index is -0.115. The molecule has 1 amide bonds. The number of rotatable bonds is 5. The van der Waals surface area contributed by atoms with Gasteiger partial charge < -0.3 is 9.88 Å². The Balaban J connectivity index is 0.00000124. The van der Waals surface area contributed by atoms with Crippen molar-refractivity contribution >= 4 is 22.9 Å². The summed E-state index contributed by atoms with van der Waals surface area (Å²) in [6.45, 7) is 8.58. The first-order valence-electron chi connectivity index (χ1n) is 10.1. The van der Waals surface area contributed by atoms with Crippen LogP contribution >= 0.6 is 11.3 Å². The normalized spacial score (nSPS) is 10.3. The van der Waals surface area contributed by atoms with Gasteiger partial charge in [0, 0.05) is 22.8 Å². The molecular weight excluding hydrogens is 390 g/mol. The van der Waals surface area contributed by atoms with Crippen molar-refractivity contribution in [3.8, 4) is 10.6 Å². The van der Waals surface area contributed by atoms with Crippen LogP contribution in [0.4, 0.5) is 5.69 Å². The molecule has 4 nitrogen and oxygen atoms in total. The summed E-state index contributed by atoms with van der Waals surface area (Å²) in [6, 6.07) is 19.9. The van der Waals surface area contributed by atoms with E-state index in [1.54, 1.807) is 11.3 Å². The minimum Gasteiger partial charge on any atom is -0.337 e. The van der Waals surface area contributed by atoms with Gasteiger partial charge in [0.05, 0.1) is 12.2 Å². The third-order valence-electron chi connectivity index (χ3n) is 4.48. The zero-order valence-electron chi connectivity index (χ0n) is 17.8. The van der Waals surface area contributed by atoms with Crippen LogP contribution in [-0.4, -0.2) is 15.5 Å². The summed E-state index contributed by atoms with van der Waals surface area (Å²) in [4.78, 5) is 17.5. The van der Waals surface area contributed by atoms with Crippen molar-refractivity contribution in [2.45, 2.75) is 34.2 Å². The Morgan fingerprint density at radius 1 is 1.00 bits per heavy atom. The molecule has 0 aliphatic rings. The number of anilines is 1. The topological polar surface area (TPSA) is 46.9 Å². The standard InChI is InChI=1S/C23H21N3OS.C2H6/c1-16-8-10-19(11-9-16)24-22(27)21-12-17(2)13-26(21)14-20-15-28-23(25-20)18-6-4-3-5-7-18;1-2/h3-13,15H,14H2,1-2H3,(H,24,27);1-2H3. The Morgan fingerprint density at radius 3 is 2.40 bits per heavy atom. The number of hydrogen-bond acceptors (Lipinski definition) is 3. The first-order valence-corrected chi connectivity index (χ1v) is 11.0. The lowest BCUT2D eigenvalue weighted by molar-refractivity contribution is 0.101. The van der Waals surface area contributed by atoms with Crippen LogP contribution in [0.25, 0.3) is 10.6 Å². The van der Waals surface area contributed by atoms with Crippen molar-refractivity contribution in [1.29, 1.82) is 0 Å². The Kier molecular flexibility index (Phi) is 7.20. The van der Waals surface area contributed by atoms with Gasteiger partial charge in [-0.05, 0) is 37.6 Å². The van der Waals surface area contributed by atoms with Crippen LogP contribution in [0.2, 0.25) is 0 Å². The average Bonchev–Trinajstić information content (AvgIpc) is 3.38. The third-order valence-corrected chi connectivity index (χ3v) is 5.42. The summed E-state index contributed by atoms with van der Waals surface area (Å²) in [6.07, 6.45) is 1.99. The number of amides is 1. The van der Waals surface area contributed by atoms with Crippen molar-refractivity contribution in [3.05, 3.63) is 94.8 Å². The molecule has 0 atom stereocenters. The second-order valence-corrected chi connectivity index (χ2v) is 7.72. The maximum atomic E-state index is 12.8. The van der Waals surface area contributed by atoms with E-state index in [0.29, 0.717) is 12.2 Å². The summed E-state index contributed by atoms with van der Waals surface area (Å²) in [5.41, 5.74) is 5.69. The van der Waals surface area contributed by atoms with E-state index in [0.717, 1.165) is 33.1 Å². The van der Waals surface area contributed by atoms with Gasteiger partial charge in [-0.2, -0.15) is 0 Å². The van der Waals surface area contributed by atoms with Gasteiger partial charge in [0.25, 0.3) is 5.91 Å². The Hall–Kier alpha value is -3.18. The van der Waals surface area contributed by atoms with E-state index in [2.05, 4.69) is 22.8 Å². The molecule has 4 rings (SSSR count). The first-order chi connectivity index (χ1) is 14.6. The van der Waals surface area contributed by atoms with Crippen LogP contribution in [0.5, 0.6) is 0 Å². The van der Waals surface area contributed by atoms with Crippen molar-refractivity contribution < 1.29 is 4.79 Å². The van der Waals surface area contributed by atoms with E-state index in [1.807, 2.05) is 87.0 Å². The molecule has 4 aromatic rings. The molecule has 1 N–H and O–H groups in total. The highest BCUT2D eigenvalue weighted by atomic mass is 32.1. The summed E-state index contributed by atoms with van der Waals surface area (Å²) in [5.74, 6) is -0.115. The molecule has 154 valence electrons. The second kappa shape index (κ2) is 10.0. The van der Waals surface area contributed by atoms with Crippen molar-refractivity contribution in [2.24, 2.45) is 0 Å². The average molecular weight is 418 g/mol. The fraction of sp³-hybridized carbons (Fsp3) is 0.200. The van der Waals surface area contributed by atoms with Gasteiger partial charge in [-0.25, -0.2) is 4.98 Å². The number of hydrogen-bond donors (Lipinski definition) is 1. The SMILES string of the molecule is CC.Cc1ccc(NC(=O)c2cc(C)cn2Cc2csc(-c3ccccc3)n2)cc1. The molecule has 0 bridgehead atoms. The van der Waals surface area contributed by atoms with Crippen molar-refractivity contribution in [1.82, 2.24) is 9.55 Å². The van der Waals surface area contributed by atoms with Crippen LogP contribution in [0.3, 0.4) is 0 Å². The molecule has 2 aromatic carbocycles. The zero-order valence-corrected chi connectivity index (χ0v) is 18.7. The van der Waals surface area contributed by atoms with Crippen molar-refractivity contribution in [2.75, 3.05) is 5.32 Å². The number of nitrogens with zero attached hydrogens (tertiary/aromatic N) is 2. The first kappa shape index (κ1) is 21.5. The highest BCUT2D eigenvalue weighted by Gasteiger charge is 2.14. The van der Waals surface area contributed by atoms with Gasteiger partial charge in [0.15, 0.2) is 0 Å². The number of nitrogens with one attached hydrogen (secondary N) is 1. The summed E-state index contributed by atoms with van der Waals surface area (Å²) in [5, 5.41) is 6.02. The van der Waals surface area contributed by atoms with E-state index in [9.17, 15) is 4.79 Å². The van der Waals surface area contributed by atoms with Crippen LogP contribution in [0.1, 0.15) is 41.2 Å². The molecule has 0 aliphatic carbocycles. The maximum Gasteiger partial charge on any atom is 0.272 e. The molecule has 0 saturated heterocycles. The molecule has 0 saturated carbocycles. The fourth-order valence-corrected chi connectivity index (χ4v) is 3.89. The van der Waals surface area contributed by atoms with E-state index >= 15 is 0 Å². The van der Waals surface area contributed by atoms with E-state index < -0.39 is 0 Å². The van der Waals surface area contributed by atoms with Crippen LogP contribution in [0, 0.1) is 13.8 Å². The van der Waals surface area contributed by atoms with Gasteiger partial charge in [0.1, 0.15) is 10.7 Å². The number of aryl methyl sites for hydroxylation is 2. The highest BCUT2D eigenvalue weighted by molar-refractivity contribution is 7.13. The number of benzene rings is 2. The maximum absolute atomic E-state index is 12.8. The molecule has 2 heterocycles. The smallest absolute Gasteiger partial charge is 0.272 e. The monoisotopic (exact) mass is 417 g/mol. The lowest BCUT2D eigenvalue weighted by Crippen LogP contribution is -2.17. The van der Waals surface area contributed by atoms with Crippen LogP contribution < -0.4 is 5.32 Å². The van der Waals surface area contributed by atoms with Crippen LogP contribution in [-0.2, 0) is 6.54 Å². The van der Waals surface area contributed by atoms with Gasteiger partial charge in [0.2, 0.25) is 0 Å². The Morgan fingerprint density at radius 2 is 1.70 bits per heavy atom. The fourth-order valence-electron chi connectivity index (χ4n) is 3.08. The van der Waals surface area contributed by atoms with Gasteiger partial charge >= 0.3 is 0 Å². The van der Waals surface area contributed by atoms with E-state index in [4.69, 9.17) is 4.98 Å². The molecule has 30 heavy (non-hydrogen) atoms. The molecule has 0 fully saturated rings. The number of carbonyl (C=O) groups is 1. The molecule has 0 radical (unpaired) electrons. The lowest BCUT2D eigenvalue weighted by Gasteiger charge is -2.09. The van der Waals surface area contributed by atoms with Crippen molar-refractivity contribution in [3.63, 3.8) is 0 Å².